The maximum atomic E-state index is 5.61. The van der Waals surface area contributed by atoms with Crippen LogP contribution in [0.25, 0.3) is 0 Å². The summed E-state index contributed by atoms with van der Waals surface area (Å²) in [7, 11) is 3.41. The summed E-state index contributed by atoms with van der Waals surface area (Å²) in [6.07, 6.45) is 1.73. The number of guanidine groups is 1. The van der Waals surface area contributed by atoms with Gasteiger partial charge in [0.2, 0.25) is 0 Å². The van der Waals surface area contributed by atoms with Crippen molar-refractivity contribution in [2.75, 3.05) is 33.9 Å². The fraction of sp³-hybridized carbons (Fsp3) is 0.400. The standard InChI is InChI=1S/C15H23N3O2/c1-4-10-20-14-8-6-5-7-13(14)12-18-15(16-2)17-9-11-19-3/h4-8H,1,9-12H2,2-3H3,(H2,16,17,18). The van der Waals surface area contributed by atoms with E-state index in [1.165, 1.54) is 0 Å². The van der Waals surface area contributed by atoms with E-state index in [9.17, 15) is 0 Å². The molecule has 0 aromatic heterocycles. The zero-order chi connectivity index (χ0) is 14.6. The third kappa shape index (κ3) is 5.75. The Morgan fingerprint density at radius 2 is 2.15 bits per heavy atom. The summed E-state index contributed by atoms with van der Waals surface area (Å²) in [6.45, 7) is 6.14. The zero-order valence-electron chi connectivity index (χ0n) is 12.2. The minimum absolute atomic E-state index is 0.498. The van der Waals surface area contributed by atoms with Gasteiger partial charge in [0, 0.05) is 32.8 Å². The number of nitrogens with zero attached hydrogens (tertiary/aromatic N) is 1. The molecule has 0 aliphatic heterocycles. The second kappa shape index (κ2) is 9.86. The third-order valence-corrected chi connectivity index (χ3v) is 2.60. The van der Waals surface area contributed by atoms with Crippen LogP contribution in [0.3, 0.4) is 0 Å². The number of nitrogens with one attached hydrogen (secondary N) is 2. The lowest BCUT2D eigenvalue weighted by Crippen LogP contribution is -2.38. The van der Waals surface area contributed by atoms with E-state index in [4.69, 9.17) is 9.47 Å². The molecule has 0 radical (unpaired) electrons. The van der Waals surface area contributed by atoms with E-state index < -0.39 is 0 Å². The molecule has 2 N–H and O–H groups in total. The average molecular weight is 277 g/mol. The van der Waals surface area contributed by atoms with Gasteiger partial charge in [0.1, 0.15) is 12.4 Å². The van der Waals surface area contributed by atoms with Crippen molar-refractivity contribution in [1.29, 1.82) is 0 Å². The van der Waals surface area contributed by atoms with Crippen molar-refractivity contribution in [1.82, 2.24) is 10.6 Å². The van der Waals surface area contributed by atoms with Gasteiger partial charge in [-0.05, 0) is 6.07 Å². The smallest absolute Gasteiger partial charge is 0.191 e. The minimum atomic E-state index is 0.498. The molecule has 5 heteroatoms. The van der Waals surface area contributed by atoms with Crippen molar-refractivity contribution in [2.45, 2.75) is 6.54 Å². The van der Waals surface area contributed by atoms with Gasteiger partial charge in [-0.1, -0.05) is 30.9 Å². The maximum absolute atomic E-state index is 5.61. The number of hydrogen-bond acceptors (Lipinski definition) is 3. The lowest BCUT2D eigenvalue weighted by atomic mass is 10.2. The van der Waals surface area contributed by atoms with Gasteiger partial charge in [-0.15, -0.1) is 0 Å². The molecular weight excluding hydrogens is 254 g/mol. The molecule has 5 nitrogen and oxygen atoms in total. The van der Waals surface area contributed by atoms with Crippen molar-refractivity contribution in [3.05, 3.63) is 42.5 Å². The predicted octanol–water partition coefficient (Wildman–Crippen LogP) is 1.56. The lowest BCUT2D eigenvalue weighted by molar-refractivity contribution is 0.203. The molecule has 110 valence electrons. The molecule has 1 rings (SSSR count). The first kappa shape index (κ1) is 16.0. The highest BCUT2D eigenvalue weighted by Crippen LogP contribution is 2.17. The van der Waals surface area contributed by atoms with E-state index in [1.807, 2.05) is 24.3 Å². The molecule has 0 saturated heterocycles. The fourth-order valence-electron chi connectivity index (χ4n) is 1.61. The number of rotatable bonds is 8. The van der Waals surface area contributed by atoms with Crippen LogP contribution in [0.2, 0.25) is 0 Å². The molecule has 1 aromatic rings. The summed E-state index contributed by atoms with van der Waals surface area (Å²) in [6, 6.07) is 7.90. The molecule has 20 heavy (non-hydrogen) atoms. The Balaban J connectivity index is 2.52. The van der Waals surface area contributed by atoms with Crippen LogP contribution >= 0.6 is 0 Å². The highest BCUT2D eigenvalue weighted by atomic mass is 16.5. The second-order valence-corrected chi connectivity index (χ2v) is 4.05. The van der Waals surface area contributed by atoms with Gasteiger partial charge in [-0.3, -0.25) is 4.99 Å². The van der Waals surface area contributed by atoms with Crippen LogP contribution in [-0.4, -0.2) is 39.9 Å². The molecule has 0 bridgehead atoms. The number of methoxy groups -OCH3 is 1. The molecule has 0 spiro atoms. The molecule has 0 heterocycles. The summed E-state index contributed by atoms with van der Waals surface area (Å²) in [5.41, 5.74) is 1.07. The summed E-state index contributed by atoms with van der Waals surface area (Å²) in [5.74, 6) is 1.59. The van der Waals surface area contributed by atoms with E-state index >= 15 is 0 Å². The number of ether oxygens (including phenoxy) is 2. The van der Waals surface area contributed by atoms with E-state index in [0.717, 1.165) is 17.3 Å². The molecular formula is C15H23N3O2. The first-order valence-corrected chi connectivity index (χ1v) is 6.57. The molecule has 0 aliphatic carbocycles. The van der Waals surface area contributed by atoms with E-state index in [-0.39, 0.29) is 0 Å². The number of aliphatic imine (C=N–C) groups is 1. The molecule has 0 aliphatic rings. The molecule has 0 saturated carbocycles. The summed E-state index contributed by atoms with van der Waals surface area (Å²) in [4.78, 5) is 4.15. The van der Waals surface area contributed by atoms with Crippen molar-refractivity contribution in [3.8, 4) is 5.75 Å². The summed E-state index contributed by atoms with van der Waals surface area (Å²) < 4.78 is 10.6. The summed E-state index contributed by atoms with van der Waals surface area (Å²) in [5, 5.41) is 6.40. The molecule has 0 fully saturated rings. The van der Waals surface area contributed by atoms with Gasteiger partial charge in [-0.2, -0.15) is 0 Å². The van der Waals surface area contributed by atoms with Crippen LogP contribution in [0, 0.1) is 0 Å². The Morgan fingerprint density at radius 1 is 1.35 bits per heavy atom. The Kier molecular flexibility index (Phi) is 7.91. The average Bonchev–Trinajstić information content (AvgIpc) is 2.49. The highest BCUT2D eigenvalue weighted by Gasteiger charge is 2.03. The lowest BCUT2D eigenvalue weighted by Gasteiger charge is -2.14. The number of para-hydroxylation sites is 1. The highest BCUT2D eigenvalue weighted by molar-refractivity contribution is 5.79. The van der Waals surface area contributed by atoms with Gasteiger partial charge in [-0.25, -0.2) is 0 Å². The first-order valence-electron chi connectivity index (χ1n) is 6.57. The van der Waals surface area contributed by atoms with Crippen LogP contribution < -0.4 is 15.4 Å². The van der Waals surface area contributed by atoms with E-state index in [1.54, 1.807) is 20.2 Å². The SMILES string of the molecule is C=CCOc1ccccc1CNC(=NC)NCCOC. The minimum Gasteiger partial charge on any atom is -0.489 e. The normalized spacial score (nSPS) is 11.0. The Labute approximate surface area is 120 Å². The van der Waals surface area contributed by atoms with Crippen LogP contribution in [0.15, 0.2) is 41.9 Å². The number of benzene rings is 1. The zero-order valence-corrected chi connectivity index (χ0v) is 12.2. The first-order chi connectivity index (χ1) is 9.81. The van der Waals surface area contributed by atoms with Crippen LogP contribution in [0.4, 0.5) is 0 Å². The van der Waals surface area contributed by atoms with Crippen LogP contribution in [0.1, 0.15) is 5.56 Å². The van der Waals surface area contributed by atoms with Gasteiger partial charge in [0.25, 0.3) is 0 Å². The van der Waals surface area contributed by atoms with Crippen LogP contribution in [0.5, 0.6) is 5.75 Å². The van der Waals surface area contributed by atoms with Crippen molar-refractivity contribution in [2.24, 2.45) is 4.99 Å². The Morgan fingerprint density at radius 3 is 2.85 bits per heavy atom. The molecule has 1 aromatic carbocycles. The van der Waals surface area contributed by atoms with Gasteiger partial charge in [0.15, 0.2) is 5.96 Å². The number of hydrogen-bond donors (Lipinski definition) is 2. The van der Waals surface area contributed by atoms with Crippen molar-refractivity contribution < 1.29 is 9.47 Å². The molecule has 0 unspecified atom stereocenters. The fourth-order valence-corrected chi connectivity index (χ4v) is 1.61. The largest absolute Gasteiger partial charge is 0.489 e. The Hall–Kier alpha value is -2.01. The van der Waals surface area contributed by atoms with Crippen LogP contribution in [-0.2, 0) is 11.3 Å². The quantitative estimate of drug-likeness (QED) is 0.328. The predicted molar refractivity (Wildman–Crippen MR) is 82.2 cm³/mol. The van der Waals surface area contributed by atoms with E-state index in [0.29, 0.717) is 26.3 Å². The topological polar surface area (TPSA) is 54.9 Å². The van der Waals surface area contributed by atoms with E-state index in [2.05, 4.69) is 22.2 Å². The molecule has 0 amide bonds. The monoisotopic (exact) mass is 277 g/mol. The van der Waals surface area contributed by atoms with Crippen molar-refractivity contribution >= 4 is 5.96 Å². The third-order valence-electron chi connectivity index (χ3n) is 2.60. The van der Waals surface area contributed by atoms with Crippen molar-refractivity contribution in [3.63, 3.8) is 0 Å². The van der Waals surface area contributed by atoms with Gasteiger partial charge in [0.05, 0.1) is 6.61 Å². The maximum Gasteiger partial charge on any atom is 0.191 e. The molecule has 0 atom stereocenters. The van der Waals surface area contributed by atoms with Gasteiger partial charge >= 0.3 is 0 Å². The summed E-state index contributed by atoms with van der Waals surface area (Å²) >= 11 is 0. The second-order valence-electron chi connectivity index (χ2n) is 4.05. The Bertz CT molecular complexity index is 433. The van der Waals surface area contributed by atoms with Gasteiger partial charge < -0.3 is 20.1 Å².